The van der Waals surface area contributed by atoms with Crippen LogP contribution in [-0.2, 0) is 4.79 Å². The molecule has 0 saturated carbocycles. The number of amides is 1. The van der Waals surface area contributed by atoms with Gasteiger partial charge in [0.2, 0.25) is 5.91 Å². The van der Waals surface area contributed by atoms with E-state index in [1.54, 1.807) is 23.2 Å². The number of primary amides is 1. The Bertz CT molecular complexity index is 437. The second kappa shape index (κ2) is 3.58. The van der Waals surface area contributed by atoms with E-state index in [1.807, 2.05) is 6.07 Å². The first-order valence-corrected chi connectivity index (χ1v) is 4.65. The summed E-state index contributed by atoms with van der Waals surface area (Å²) in [5, 5.41) is 8.88. The Morgan fingerprint density at radius 3 is 3.07 bits per heavy atom. The number of hydrogen-bond acceptors (Lipinski definition) is 4. The third kappa shape index (κ3) is 1.50. The van der Waals surface area contributed by atoms with Crippen LogP contribution in [0, 0.1) is 11.3 Å². The number of nitriles is 1. The molecular weight excluding hydrogens is 192 g/mol. The second-order valence-electron chi connectivity index (χ2n) is 3.39. The summed E-state index contributed by atoms with van der Waals surface area (Å²) in [6.07, 6.45) is 2.34. The van der Waals surface area contributed by atoms with Gasteiger partial charge in [0, 0.05) is 12.7 Å². The summed E-state index contributed by atoms with van der Waals surface area (Å²) >= 11 is 0. The number of hydrogen-bond donors (Lipinski definition) is 1. The summed E-state index contributed by atoms with van der Waals surface area (Å²) in [5.41, 5.74) is 5.70. The van der Waals surface area contributed by atoms with E-state index < -0.39 is 0 Å². The zero-order valence-electron chi connectivity index (χ0n) is 8.05. The van der Waals surface area contributed by atoms with Crippen LogP contribution in [-0.4, -0.2) is 23.5 Å². The molecule has 5 heteroatoms. The Hall–Kier alpha value is -2.09. The van der Waals surface area contributed by atoms with Gasteiger partial charge in [-0.1, -0.05) is 0 Å². The van der Waals surface area contributed by atoms with Crippen LogP contribution in [0.5, 0.6) is 0 Å². The highest BCUT2D eigenvalue weighted by Gasteiger charge is 2.34. The molecule has 2 rings (SSSR count). The van der Waals surface area contributed by atoms with Crippen LogP contribution in [0.4, 0.5) is 5.82 Å². The van der Waals surface area contributed by atoms with E-state index in [-0.39, 0.29) is 11.9 Å². The fourth-order valence-corrected chi connectivity index (χ4v) is 1.65. The molecule has 2 N–H and O–H groups in total. The minimum atomic E-state index is -0.365. The molecule has 15 heavy (non-hydrogen) atoms. The summed E-state index contributed by atoms with van der Waals surface area (Å²) in [7, 11) is 0. The van der Waals surface area contributed by atoms with Crippen molar-refractivity contribution in [2.75, 3.05) is 11.4 Å². The van der Waals surface area contributed by atoms with Gasteiger partial charge in [-0.25, -0.2) is 4.98 Å². The van der Waals surface area contributed by atoms with Gasteiger partial charge in [-0.05, 0) is 18.6 Å². The first-order chi connectivity index (χ1) is 7.24. The Morgan fingerprint density at radius 1 is 1.73 bits per heavy atom. The molecule has 1 aliphatic rings. The molecule has 1 amide bonds. The third-order valence-corrected chi connectivity index (χ3v) is 2.53. The van der Waals surface area contributed by atoms with Crippen LogP contribution in [0.15, 0.2) is 18.3 Å². The molecule has 1 fully saturated rings. The molecule has 0 radical (unpaired) electrons. The SMILES string of the molecule is N#Cc1cccnc1N1CCC1C(N)=O. The summed E-state index contributed by atoms with van der Waals surface area (Å²) in [4.78, 5) is 16.9. The summed E-state index contributed by atoms with van der Waals surface area (Å²) in [6.45, 7) is 0.722. The number of carbonyl (C=O) groups is 1. The lowest BCUT2D eigenvalue weighted by atomic mass is 10.0. The smallest absolute Gasteiger partial charge is 0.240 e. The van der Waals surface area contributed by atoms with E-state index in [0.717, 1.165) is 13.0 Å². The van der Waals surface area contributed by atoms with Crippen LogP contribution in [0.1, 0.15) is 12.0 Å². The van der Waals surface area contributed by atoms with Gasteiger partial charge in [-0.2, -0.15) is 5.26 Å². The lowest BCUT2D eigenvalue weighted by molar-refractivity contribution is -0.120. The fourth-order valence-electron chi connectivity index (χ4n) is 1.65. The Morgan fingerprint density at radius 2 is 2.53 bits per heavy atom. The number of carbonyl (C=O) groups excluding carboxylic acids is 1. The van der Waals surface area contributed by atoms with E-state index >= 15 is 0 Å². The number of anilines is 1. The molecule has 0 bridgehead atoms. The van der Waals surface area contributed by atoms with Crippen molar-refractivity contribution < 1.29 is 4.79 Å². The maximum absolute atomic E-state index is 11.0. The van der Waals surface area contributed by atoms with Crippen molar-refractivity contribution in [3.8, 4) is 6.07 Å². The van der Waals surface area contributed by atoms with Gasteiger partial charge in [-0.15, -0.1) is 0 Å². The number of pyridine rings is 1. The maximum Gasteiger partial charge on any atom is 0.240 e. The lowest BCUT2D eigenvalue weighted by Gasteiger charge is -2.39. The molecule has 5 nitrogen and oxygen atoms in total. The van der Waals surface area contributed by atoms with Gasteiger partial charge in [-0.3, -0.25) is 4.79 Å². The topological polar surface area (TPSA) is 83.0 Å². The van der Waals surface area contributed by atoms with Gasteiger partial charge >= 0.3 is 0 Å². The highest BCUT2D eigenvalue weighted by atomic mass is 16.1. The Kier molecular flexibility index (Phi) is 2.26. The van der Waals surface area contributed by atoms with Gasteiger partial charge in [0.15, 0.2) is 0 Å². The molecule has 1 atom stereocenters. The standard InChI is InChI=1S/C10H10N4O/c11-6-7-2-1-4-13-10(7)14-5-3-8(14)9(12)15/h1-2,4,8H,3,5H2,(H2,12,15). The fraction of sp³-hybridized carbons (Fsp3) is 0.300. The average Bonchev–Trinajstić information content (AvgIpc) is 2.16. The van der Waals surface area contributed by atoms with E-state index in [0.29, 0.717) is 11.4 Å². The number of nitrogens with zero attached hydrogens (tertiary/aromatic N) is 3. The van der Waals surface area contributed by atoms with Crippen molar-refractivity contribution in [3.63, 3.8) is 0 Å². The largest absolute Gasteiger partial charge is 0.368 e. The van der Waals surface area contributed by atoms with Gasteiger partial charge in [0.1, 0.15) is 17.9 Å². The summed E-state index contributed by atoms with van der Waals surface area (Å²) in [6, 6.07) is 5.11. The van der Waals surface area contributed by atoms with Crippen LogP contribution < -0.4 is 10.6 Å². The van der Waals surface area contributed by atoms with E-state index in [9.17, 15) is 4.79 Å². The van der Waals surface area contributed by atoms with Crippen LogP contribution in [0.25, 0.3) is 0 Å². The molecule has 0 aliphatic carbocycles. The second-order valence-corrected chi connectivity index (χ2v) is 3.39. The number of aromatic nitrogens is 1. The minimum absolute atomic E-state index is 0.313. The quantitative estimate of drug-likeness (QED) is 0.732. The van der Waals surface area contributed by atoms with Crippen molar-refractivity contribution in [2.45, 2.75) is 12.5 Å². The van der Waals surface area contributed by atoms with E-state index in [1.165, 1.54) is 0 Å². The Balaban J connectivity index is 2.31. The molecule has 1 aromatic heterocycles. The van der Waals surface area contributed by atoms with Gasteiger partial charge in [0.05, 0.1) is 5.56 Å². The van der Waals surface area contributed by atoms with Crippen LogP contribution in [0.2, 0.25) is 0 Å². The molecule has 76 valence electrons. The van der Waals surface area contributed by atoms with Crippen molar-refractivity contribution >= 4 is 11.7 Å². The average molecular weight is 202 g/mol. The lowest BCUT2D eigenvalue weighted by Crippen LogP contribution is -2.55. The molecule has 1 unspecified atom stereocenters. The number of nitrogens with two attached hydrogens (primary N) is 1. The van der Waals surface area contributed by atoms with Crippen LogP contribution >= 0.6 is 0 Å². The van der Waals surface area contributed by atoms with E-state index in [2.05, 4.69) is 4.98 Å². The molecular formula is C10H10N4O. The molecule has 0 spiro atoms. The predicted octanol–water partition coefficient (Wildman–Crippen LogP) is 0.0173. The zero-order chi connectivity index (χ0) is 10.8. The third-order valence-electron chi connectivity index (χ3n) is 2.53. The first kappa shape index (κ1) is 9.46. The first-order valence-electron chi connectivity index (χ1n) is 4.65. The molecule has 2 heterocycles. The van der Waals surface area contributed by atoms with Crippen molar-refractivity contribution in [3.05, 3.63) is 23.9 Å². The van der Waals surface area contributed by atoms with Gasteiger partial charge in [0.25, 0.3) is 0 Å². The molecule has 1 aliphatic heterocycles. The minimum Gasteiger partial charge on any atom is -0.368 e. The molecule has 1 aromatic rings. The molecule has 0 aromatic carbocycles. The summed E-state index contributed by atoms with van der Waals surface area (Å²) in [5.74, 6) is 0.186. The highest BCUT2D eigenvalue weighted by molar-refractivity contribution is 5.85. The Labute approximate surface area is 87.1 Å². The van der Waals surface area contributed by atoms with Crippen LogP contribution in [0.3, 0.4) is 0 Å². The van der Waals surface area contributed by atoms with Gasteiger partial charge < -0.3 is 10.6 Å². The molecule has 1 saturated heterocycles. The normalized spacial score (nSPS) is 19.1. The zero-order valence-corrected chi connectivity index (χ0v) is 8.05. The monoisotopic (exact) mass is 202 g/mol. The summed E-state index contributed by atoms with van der Waals surface area (Å²) < 4.78 is 0. The highest BCUT2D eigenvalue weighted by Crippen LogP contribution is 2.26. The maximum atomic E-state index is 11.0. The van der Waals surface area contributed by atoms with E-state index in [4.69, 9.17) is 11.0 Å². The van der Waals surface area contributed by atoms with Crippen molar-refractivity contribution in [2.24, 2.45) is 5.73 Å². The van der Waals surface area contributed by atoms with Crippen molar-refractivity contribution in [1.29, 1.82) is 5.26 Å². The van der Waals surface area contributed by atoms with Crippen molar-refractivity contribution in [1.82, 2.24) is 4.98 Å². The predicted molar refractivity (Wildman–Crippen MR) is 53.9 cm³/mol. The number of rotatable bonds is 2.